The second kappa shape index (κ2) is 8.49. The zero-order valence-electron chi connectivity index (χ0n) is 19.7. The monoisotopic (exact) mass is 452 g/mol. The Morgan fingerprint density at radius 2 is 1.71 bits per heavy atom. The molecule has 0 unspecified atom stereocenters. The lowest BCUT2D eigenvalue weighted by atomic mass is 9.95. The molecule has 5 heteroatoms. The molecule has 2 amide bonds. The highest BCUT2D eigenvalue weighted by atomic mass is 16.3. The fraction of sp³-hybridized carbons (Fsp3) is 0.241. The van der Waals surface area contributed by atoms with Gasteiger partial charge in [-0.1, -0.05) is 69.3 Å². The molecule has 0 saturated heterocycles. The van der Waals surface area contributed by atoms with Gasteiger partial charge in [-0.15, -0.1) is 0 Å². The van der Waals surface area contributed by atoms with Crippen molar-refractivity contribution in [1.82, 2.24) is 4.90 Å². The predicted molar refractivity (Wildman–Crippen MR) is 135 cm³/mol. The lowest BCUT2D eigenvalue weighted by Gasteiger charge is -2.26. The maximum Gasteiger partial charge on any atom is 0.254 e. The molecule has 34 heavy (non-hydrogen) atoms. The first-order chi connectivity index (χ1) is 16.3. The largest absolute Gasteiger partial charge is 0.461 e. The normalized spacial score (nSPS) is 13.6. The first kappa shape index (κ1) is 22.0. The molecule has 5 nitrogen and oxygen atoms in total. The Morgan fingerprint density at radius 1 is 0.941 bits per heavy atom. The van der Waals surface area contributed by atoms with Crippen molar-refractivity contribution in [1.29, 1.82) is 0 Å². The quantitative estimate of drug-likeness (QED) is 0.398. The lowest BCUT2D eigenvalue weighted by Crippen LogP contribution is -2.35. The average Bonchev–Trinajstić information content (AvgIpc) is 3.26. The second-order valence-corrected chi connectivity index (χ2v) is 9.85. The molecule has 0 fully saturated rings. The van der Waals surface area contributed by atoms with E-state index in [0.29, 0.717) is 19.5 Å². The molecule has 2 heterocycles. The molecule has 172 valence electrons. The number of benzene rings is 3. The van der Waals surface area contributed by atoms with Gasteiger partial charge in [0.25, 0.3) is 5.91 Å². The number of nitrogens with zero attached hydrogens (tertiary/aromatic N) is 1. The lowest BCUT2D eigenvalue weighted by molar-refractivity contribution is -0.123. The molecule has 0 bridgehead atoms. The van der Waals surface area contributed by atoms with Gasteiger partial charge in [-0.2, -0.15) is 0 Å². The van der Waals surface area contributed by atoms with Crippen LogP contribution in [0, 0.1) is 5.41 Å². The van der Waals surface area contributed by atoms with E-state index >= 15 is 0 Å². The van der Waals surface area contributed by atoms with Crippen LogP contribution in [-0.2, 0) is 17.8 Å². The van der Waals surface area contributed by atoms with Gasteiger partial charge in [0.15, 0.2) is 0 Å². The summed E-state index contributed by atoms with van der Waals surface area (Å²) in [4.78, 5) is 27.6. The number of carbonyl (C=O) groups excluding carboxylic acids is 2. The van der Waals surface area contributed by atoms with Crippen LogP contribution in [0.4, 0.5) is 5.69 Å². The zero-order valence-corrected chi connectivity index (χ0v) is 19.7. The van der Waals surface area contributed by atoms with Crippen LogP contribution in [0.2, 0.25) is 0 Å². The van der Waals surface area contributed by atoms with Crippen LogP contribution in [0.5, 0.6) is 0 Å². The van der Waals surface area contributed by atoms with E-state index in [-0.39, 0.29) is 11.8 Å². The summed E-state index contributed by atoms with van der Waals surface area (Å²) in [6.45, 7) is 6.79. The highest BCUT2D eigenvalue weighted by Gasteiger charge is 2.26. The van der Waals surface area contributed by atoms with Gasteiger partial charge in [-0.25, -0.2) is 0 Å². The average molecular weight is 453 g/mol. The van der Waals surface area contributed by atoms with Crippen LogP contribution < -0.4 is 5.32 Å². The molecule has 0 spiro atoms. The third-order valence-electron chi connectivity index (χ3n) is 6.26. The fourth-order valence-corrected chi connectivity index (χ4v) is 4.30. The SMILES string of the molecule is CC(C)(C)C(=O)Nc1cccc(-c2cc3c(o2)CCN(C(=O)c2cccc4ccccc24)C3)c1. The summed E-state index contributed by atoms with van der Waals surface area (Å²) in [7, 11) is 0. The second-order valence-electron chi connectivity index (χ2n) is 9.85. The van der Waals surface area contributed by atoms with Gasteiger partial charge in [0.05, 0.1) is 0 Å². The predicted octanol–water partition coefficient (Wildman–Crippen LogP) is 6.28. The van der Waals surface area contributed by atoms with E-state index in [1.807, 2.05) is 98.5 Å². The van der Waals surface area contributed by atoms with Crippen molar-refractivity contribution in [3.05, 3.63) is 89.7 Å². The van der Waals surface area contributed by atoms with Crippen LogP contribution in [0.1, 0.15) is 42.5 Å². The van der Waals surface area contributed by atoms with Crippen molar-refractivity contribution >= 4 is 28.3 Å². The molecule has 1 N–H and O–H groups in total. The summed E-state index contributed by atoms with van der Waals surface area (Å²) in [5.74, 6) is 1.67. The van der Waals surface area contributed by atoms with Crippen LogP contribution >= 0.6 is 0 Å². The smallest absolute Gasteiger partial charge is 0.254 e. The topological polar surface area (TPSA) is 62.6 Å². The van der Waals surface area contributed by atoms with Crippen LogP contribution in [0.15, 0.2) is 77.2 Å². The minimum atomic E-state index is -0.472. The van der Waals surface area contributed by atoms with Gasteiger partial charge in [0.1, 0.15) is 11.5 Å². The van der Waals surface area contributed by atoms with E-state index in [0.717, 1.165) is 44.7 Å². The summed E-state index contributed by atoms with van der Waals surface area (Å²) < 4.78 is 6.17. The van der Waals surface area contributed by atoms with E-state index in [2.05, 4.69) is 5.32 Å². The molecule has 1 aromatic heterocycles. The van der Waals surface area contributed by atoms with E-state index in [4.69, 9.17) is 4.42 Å². The summed E-state index contributed by atoms with van der Waals surface area (Å²) in [5, 5.41) is 5.01. The van der Waals surface area contributed by atoms with Crippen molar-refractivity contribution in [2.45, 2.75) is 33.7 Å². The van der Waals surface area contributed by atoms with Gasteiger partial charge in [0.2, 0.25) is 5.91 Å². The van der Waals surface area contributed by atoms with E-state index < -0.39 is 5.41 Å². The van der Waals surface area contributed by atoms with Crippen LogP contribution in [0.3, 0.4) is 0 Å². The molecular weight excluding hydrogens is 424 g/mol. The van der Waals surface area contributed by atoms with Crippen molar-refractivity contribution in [2.24, 2.45) is 5.41 Å². The van der Waals surface area contributed by atoms with E-state index in [1.165, 1.54) is 0 Å². The van der Waals surface area contributed by atoms with Gasteiger partial charge >= 0.3 is 0 Å². The molecule has 3 aromatic carbocycles. The van der Waals surface area contributed by atoms with Crippen LogP contribution in [-0.4, -0.2) is 23.3 Å². The Morgan fingerprint density at radius 3 is 2.53 bits per heavy atom. The Bertz CT molecular complexity index is 1390. The molecule has 4 aromatic rings. The van der Waals surface area contributed by atoms with Gasteiger partial charge in [-0.3, -0.25) is 9.59 Å². The van der Waals surface area contributed by atoms with Crippen molar-refractivity contribution in [3.63, 3.8) is 0 Å². The zero-order chi connectivity index (χ0) is 23.9. The van der Waals surface area contributed by atoms with Crippen molar-refractivity contribution in [3.8, 4) is 11.3 Å². The molecule has 0 radical (unpaired) electrons. The van der Waals surface area contributed by atoms with Gasteiger partial charge in [0, 0.05) is 47.3 Å². The first-order valence-corrected chi connectivity index (χ1v) is 11.6. The summed E-state index contributed by atoms with van der Waals surface area (Å²) in [6.07, 6.45) is 0.673. The number of hydrogen-bond donors (Lipinski definition) is 1. The molecule has 0 atom stereocenters. The summed E-state index contributed by atoms with van der Waals surface area (Å²) in [5.41, 5.74) is 2.92. The Labute approximate surface area is 199 Å². The number of anilines is 1. The first-order valence-electron chi connectivity index (χ1n) is 11.6. The number of furan rings is 1. The maximum absolute atomic E-state index is 13.4. The van der Waals surface area contributed by atoms with E-state index in [9.17, 15) is 9.59 Å². The maximum atomic E-state index is 13.4. The number of carbonyl (C=O) groups is 2. The molecule has 0 aliphatic carbocycles. The Kier molecular flexibility index (Phi) is 5.48. The highest BCUT2D eigenvalue weighted by Crippen LogP contribution is 2.32. The molecule has 1 aliphatic heterocycles. The number of hydrogen-bond acceptors (Lipinski definition) is 3. The molecule has 0 saturated carbocycles. The van der Waals surface area contributed by atoms with Crippen LogP contribution in [0.25, 0.3) is 22.1 Å². The third-order valence-corrected chi connectivity index (χ3v) is 6.26. The Balaban J connectivity index is 1.37. The Hall–Kier alpha value is -3.86. The summed E-state index contributed by atoms with van der Waals surface area (Å²) >= 11 is 0. The van der Waals surface area contributed by atoms with E-state index in [1.54, 1.807) is 0 Å². The number of amides is 2. The van der Waals surface area contributed by atoms with Crippen molar-refractivity contribution in [2.75, 3.05) is 11.9 Å². The molecule has 1 aliphatic rings. The number of rotatable bonds is 3. The number of fused-ring (bicyclic) bond motifs is 2. The van der Waals surface area contributed by atoms with Gasteiger partial charge < -0.3 is 14.6 Å². The third kappa shape index (κ3) is 4.21. The van der Waals surface area contributed by atoms with Crippen molar-refractivity contribution < 1.29 is 14.0 Å². The molecule has 5 rings (SSSR count). The number of nitrogens with one attached hydrogen (secondary N) is 1. The highest BCUT2D eigenvalue weighted by molar-refractivity contribution is 6.07. The summed E-state index contributed by atoms with van der Waals surface area (Å²) in [6, 6.07) is 23.5. The minimum Gasteiger partial charge on any atom is -0.461 e. The standard InChI is InChI=1S/C29H28N2O3/c1-29(2,3)28(33)30-22-11-6-10-20(16-22)26-17-21-18-31(15-14-25(21)34-26)27(32)24-13-7-9-19-8-4-5-12-23(19)24/h4-13,16-17H,14-15,18H2,1-3H3,(H,30,33). The van der Waals surface area contributed by atoms with Gasteiger partial charge in [-0.05, 0) is 35.0 Å². The fourth-order valence-electron chi connectivity index (χ4n) is 4.30. The minimum absolute atomic E-state index is 0.0361. The molecular formula is C29H28N2O3.